The largest absolute Gasteiger partial charge is 0.493 e. The van der Waals surface area contributed by atoms with Crippen molar-refractivity contribution in [2.75, 3.05) is 20.8 Å². The van der Waals surface area contributed by atoms with Gasteiger partial charge in [-0.1, -0.05) is 35.6 Å². The van der Waals surface area contributed by atoms with Gasteiger partial charge in [-0.3, -0.25) is 9.36 Å². The van der Waals surface area contributed by atoms with E-state index in [0.717, 1.165) is 34.0 Å². The monoisotopic (exact) mass is 688 g/mol. The summed E-state index contributed by atoms with van der Waals surface area (Å²) in [6.07, 6.45) is 1.88. The van der Waals surface area contributed by atoms with Crippen molar-refractivity contribution in [1.82, 2.24) is 9.13 Å². The molecule has 11 heteroatoms. The van der Waals surface area contributed by atoms with Gasteiger partial charge in [0.05, 0.1) is 48.3 Å². The first kappa shape index (κ1) is 34.0. The predicted octanol–water partition coefficient (Wildman–Crippen LogP) is 5.67. The van der Waals surface area contributed by atoms with E-state index < -0.39 is 12.0 Å². The SMILES string of the molecule is CCOC(=O)C1=C(C)N=c2sc(=Cc3cc(C)n(-c4ccc(OCc5ccc(C#N)cc5)cc4)c3C)c(=O)n2C1c1cccc(OC)c1OC. The topological polar surface area (TPSA) is 117 Å². The minimum atomic E-state index is -0.845. The van der Waals surface area contributed by atoms with E-state index in [1.165, 1.54) is 18.4 Å². The number of thiazole rings is 1. The number of carbonyl (C=O) groups is 1. The molecular formula is C39H36N4O6S. The highest BCUT2D eigenvalue weighted by Crippen LogP contribution is 2.40. The van der Waals surface area contributed by atoms with Crippen LogP contribution in [0, 0.1) is 25.2 Å². The van der Waals surface area contributed by atoms with Gasteiger partial charge in [0.2, 0.25) is 0 Å². The van der Waals surface area contributed by atoms with Crippen LogP contribution < -0.4 is 29.1 Å². The quantitative estimate of drug-likeness (QED) is 0.174. The average molecular weight is 689 g/mol. The highest BCUT2D eigenvalue weighted by Gasteiger charge is 2.36. The normalized spacial score (nSPS) is 14.1. The maximum Gasteiger partial charge on any atom is 0.338 e. The summed E-state index contributed by atoms with van der Waals surface area (Å²) < 4.78 is 26.9. The van der Waals surface area contributed by atoms with E-state index in [9.17, 15) is 9.59 Å². The van der Waals surface area contributed by atoms with E-state index >= 15 is 0 Å². The molecule has 50 heavy (non-hydrogen) atoms. The van der Waals surface area contributed by atoms with Gasteiger partial charge >= 0.3 is 5.97 Å². The minimum Gasteiger partial charge on any atom is -0.493 e. The Kier molecular flexibility index (Phi) is 9.74. The molecule has 6 rings (SSSR count). The Morgan fingerprint density at radius 3 is 2.42 bits per heavy atom. The van der Waals surface area contributed by atoms with E-state index in [1.54, 1.807) is 49.8 Å². The van der Waals surface area contributed by atoms with Crippen LogP contribution in [0.25, 0.3) is 11.8 Å². The van der Waals surface area contributed by atoms with Gasteiger partial charge in [0.1, 0.15) is 18.4 Å². The molecule has 254 valence electrons. The highest BCUT2D eigenvalue weighted by atomic mass is 32.1. The Morgan fingerprint density at radius 2 is 1.76 bits per heavy atom. The molecule has 3 heterocycles. The molecule has 1 aliphatic rings. The molecule has 2 aromatic heterocycles. The van der Waals surface area contributed by atoms with Crippen LogP contribution in [0.2, 0.25) is 0 Å². The van der Waals surface area contributed by atoms with Crippen molar-refractivity contribution >= 4 is 23.4 Å². The van der Waals surface area contributed by atoms with Crippen molar-refractivity contribution in [3.63, 3.8) is 0 Å². The second kappa shape index (κ2) is 14.3. The van der Waals surface area contributed by atoms with Crippen LogP contribution in [0.15, 0.2) is 93.9 Å². The molecule has 3 aromatic carbocycles. The third-order valence-corrected chi connectivity index (χ3v) is 9.57. The van der Waals surface area contributed by atoms with Crippen LogP contribution in [0.3, 0.4) is 0 Å². The third kappa shape index (κ3) is 6.33. The number of allylic oxidation sites excluding steroid dienone is 1. The predicted molar refractivity (Wildman–Crippen MR) is 191 cm³/mol. The van der Waals surface area contributed by atoms with Crippen LogP contribution in [0.1, 0.15) is 53.5 Å². The first-order chi connectivity index (χ1) is 24.2. The number of rotatable bonds is 10. The van der Waals surface area contributed by atoms with Gasteiger partial charge in [-0.15, -0.1) is 0 Å². The van der Waals surface area contributed by atoms with E-state index in [2.05, 4.69) is 10.6 Å². The maximum absolute atomic E-state index is 14.3. The molecule has 0 aliphatic carbocycles. The zero-order valence-corrected chi connectivity index (χ0v) is 29.5. The summed E-state index contributed by atoms with van der Waals surface area (Å²) in [7, 11) is 3.07. The number of hydrogen-bond acceptors (Lipinski definition) is 9. The van der Waals surface area contributed by atoms with Crippen molar-refractivity contribution in [2.24, 2.45) is 4.99 Å². The highest BCUT2D eigenvalue weighted by molar-refractivity contribution is 7.07. The van der Waals surface area contributed by atoms with Gasteiger partial charge in [0.15, 0.2) is 16.3 Å². The van der Waals surface area contributed by atoms with Crippen molar-refractivity contribution in [3.8, 4) is 29.0 Å². The average Bonchev–Trinajstić information content (AvgIpc) is 3.59. The molecule has 5 aromatic rings. The fraction of sp³-hybridized carbons (Fsp3) is 0.231. The smallest absolute Gasteiger partial charge is 0.338 e. The molecule has 10 nitrogen and oxygen atoms in total. The number of nitriles is 1. The standard InChI is InChI=1S/C39H36N4O6S/c1-7-48-38(45)34-24(3)41-39-43(35(34)31-9-8-10-32(46-5)36(31)47-6)37(44)33(50-39)20-28-19-23(2)42(25(28)4)29-15-17-30(18-16-29)49-22-27-13-11-26(21-40)12-14-27/h8-20,35H,7,22H2,1-6H3. The van der Waals surface area contributed by atoms with Crippen LogP contribution in [0.5, 0.6) is 17.2 Å². The number of esters is 1. The summed E-state index contributed by atoms with van der Waals surface area (Å²) in [5.74, 6) is 1.07. The minimum absolute atomic E-state index is 0.173. The molecule has 0 saturated carbocycles. The fourth-order valence-electron chi connectivity index (χ4n) is 6.22. The number of methoxy groups -OCH3 is 2. The molecule has 0 radical (unpaired) electrons. The Balaban J connectivity index is 1.37. The molecule has 1 atom stereocenters. The van der Waals surface area contributed by atoms with E-state index in [1.807, 2.05) is 68.5 Å². The summed E-state index contributed by atoms with van der Waals surface area (Å²) in [4.78, 5) is 32.8. The third-order valence-electron chi connectivity index (χ3n) is 8.59. The molecule has 0 saturated heterocycles. The lowest BCUT2D eigenvalue weighted by atomic mass is 9.94. The van der Waals surface area contributed by atoms with Gasteiger partial charge in [-0.2, -0.15) is 5.26 Å². The summed E-state index contributed by atoms with van der Waals surface area (Å²) in [6, 6.07) is 23.8. The zero-order valence-electron chi connectivity index (χ0n) is 28.6. The number of fused-ring (bicyclic) bond motifs is 1. The lowest BCUT2D eigenvalue weighted by Gasteiger charge is -2.26. The lowest BCUT2D eigenvalue weighted by molar-refractivity contribution is -0.139. The van der Waals surface area contributed by atoms with Crippen molar-refractivity contribution < 1.29 is 23.7 Å². The number of nitrogens with zero attached hydrogens (tertiary/aromatic N) is 4. The second-order valence-electron chi connectivity index (χ2n) is 11.6. The lowest BCUT2D eigenvalue weighted by Crippen LogP contribution is -2.40. The van der Waals surface area contributed by atoms with Gasteiger partial charge < -0.3 is 23.5 Å². The number of aryl methyl sites for hydroxylation is 1. The molecule has 0 fully saturated rings. The summed E-state index contributed by atoms with van der Waals surface area (Å²) in [5.41, 5.74) is 6.39. The summed E-state index contributed by atoms with van der Waals surface area (Å²) >= 11 is 1.26. The summed E-state index contributed by atoms with van der Waals surface area (Å²) in [6.45, 7) is 8.08. The molecule has 0 bridgehead atoms. The van der Waals surface area contributed by atoms with Crippen LogP contribution in [-0.4, -0.2) is 35.9 Å². The molecule has 0 amide bonds. The molecule has 0 spiro atoms. The van der Waals surface area contributed by atoms with Gasteiger partial charge in [-0.05, 0) is 93.4 Å². The number of benzene rings is 3. The van der Waals surface area contributed by atoms with E-state index in [0.29, 0.717) is 44.3 Å². The Labute approximate surface area is 293 Å². The number of hydrogen-bond donors (Lipinski definition) is 0. The van der Waals surface area contributed by atoms with Crippen molar-refractivity contribution in [1.29, 1.82) is 5.26 Å². The van der Waals surface area contributed by atoms with Crippen LogP contribution in [0.4, 0.5) is 0 Å². The van der Waals surface area contributed by atoms with Gasteiger partial charge in [0, 0.05) is 22.6 Å². The first-order valence-corrected chi connectivity index (χ1v) is 16.8. The summed E-state index contributed by atoms with van der Waals surface area (Å²) in [5, 5.41) is 9.02. The second-order valence-corrected chi connectivity index (χ2v) is 12.6. The number of para-hydroxylation sites is 1. The molecule has 0 N–H and O–H groups in total. The molecule has 1 aliphatic heterocycles. The number of ether oxygens (including phenoxy) is 4. The Morgan fingerprint density at radius 1 is 1.02 bits per heavy atom. The van der Waals surface area contributed by atoms with Crippen LogP contribution in [-0.2, 0) is 16.1 Å². The maximum atomic E-state index is 14.3. The first-order valence-electron chi connectivity index (χ1n) is 16.0. The van der Waals surface area contributed by atoms with Crippen molar-refractivity contribution in [3.05, 3.63) is 137 Å². The number of aromatic nitrogens is 2. The zero-order chi connectivity index (χ0) is 35.5. The van der Waals surface area contributed by atoms with E-state index in [4.69, 9.17) is 29.2 Å². The van der Waals surface area contributed by atoms with Crippen LogP contribution >= 0.6 is 11.3 Å². The fourth-order valence-corrected chi connectivity index (χ4v) is 7.26. The van der Waals surface area contributed by atoms with Crippen molar-refractivity contribution in [2.45, 2.75) is 40.3 Å². The Hall–Kier alpha value is -5.86. The molecule has 1 unspecified atom stereocenters. The van der Waals surface area contributed by atoms with E-state index in [-0.39, 0.29) is 17.7 Å². The molecular weight excluding hydrogens is 653 g/mol. The van der Waals surface area contributed by atoms with Gasteiger partial charge in [0.25, 0.3) is 5.56 Å². The van der Waals surface area contributed by atoms with Gasteiger partial charge in [-0.25, -0.2) is 9.79 Å². The number of carbonyl (C=O) groups excluding carboxylic acids is 1. The Bertz CT molecular complexity index is 2340.